The van der Waals surface area contributed by atoms with Crippen molar-refractivity contribution in [2.75, 3.05) is 20.6 Å². The summed E-state index contributed by atoms with van der Waals surface area (Å²) in [6.07, 6.45) is 2.19. The van der Waals surface area contributed by atoms with Gasteiger partial charge in [-0.05, 0) is 55.1 Å². The van der Waals surface area contributed by atoms with Crippen molar-refractivity contribution in [2.45, 2.75) is 45.8 Å². The molecule has 0 N–H and O–H groups in total. The number of hydrogen-bond donors (Lipinski definition) is 0. The smallest absolute Gasteiger partial charge is 0.0270 e. The molecule has 164 valence electrons. The van der Waals surface area contributed by atoms with Crippen molar-refractivity contribution in [3.8, 4) is 0 Å². The highest BCUT2D eigenvalue weighted by molar-refractivity contribution is 5.25. The molecule has 3 aromatic rings. The molecule has 0 amide bonds. The van der Waals surface area contributed by atoms with E-state index in [4.69, 9.17) is 0 Å². The van der Waals surface area contributed by atoms with Crippen LogP contribution in [0.2, 0.25) is 0 Å². The second-order valence-electron chi connectivity index (χ2n) is 9.41. The van der Waals surface area contributed by atoms with Crippen LogP contribution in [0, 0.1) is 5.92 Å². The fourth-order valence-electron chi connectivity index (χ4n) is 4.31. The van der Waals surface area contributed by atoms with E-state index < -0.39 is 0 Å². The highest BCUT2D eigenvalue weighted by Crippen LogP contribution is 2.19. The van der Waals surface area contributed by atoms with Crippen molar-refractivity contribution in [2.24, 2.45) is 5.92 Å². The molecule has 0 aliphatic rings. The van der Waals surface area contributed by atoms with Crippen molar-refractivity contribution < 1.29 is 0 Å². The van der Waals surface area contributed by atoms with E-state index in [2.05, 4.69) is 123 Å². The predicted octanol–water partition coefficient (Wildman–Crippen LogP) is 6.06. The number of likely N-dealkylation sites (N-methyl/N-ethyl adjacent to an activating group) is 1. The topological polar surface area (TPSA) is 6.48 Å². The van der Waals surface area contributed by atoms with Crippen molar-refractivity contribution in [1.82, 2.24) is 9.80 Å². The normalized spacial score (nSPS) is 12.6. The molecule has 0 radical (unpaired) electrons. The zero-order valence-corrected chi connectivity index (χ0v) is 19.7. The average Bonchev–Trinajstić information content (AvgIpc) is 2.74. The van der Waals surface area contributed by atoms with E-state index in [9.17, 15) is 0 Å². The fourth-order valence-corrected chi connectivity index (χ4v) is 4.31. The van der Waals surface area contributed by atoms with Gasteiger partial charge >= 0.3 is 0 Å². The van der Waals surface area contributed by atoms with Gasteiger partial charge in [0.15, 0.2) is 0 Å². The largest absolute Gasteiger partial charge is 0.308 e. The van der Waals surface area contributed by atoms with Gasteiger partial charge in [0.1, 0.15) is 0 Å². The number of rotatable bonds is 11. The molecule has 2 heteroatoms. The van der Waals surface area contributed by atoms with Crippen LogP contribution in [-0.2, 0) is 25.9 Å². The minimum Gasteiger partial charge on any atom is -0.308 e. The molecule has 0 saturated carbocycles. The second kappa shape index (κ2) is 11.8. The summed E-state index contributed by atoms with van der Waals surface area (Å²) in [6.45, 7) is 7.54. The van der Waals surface area contributed by atoms with E-state index >= 15 is 0 Å². The van der Waals surface area contributed by atoms with E-state index in [1.807, 2.05) is 0 Å². The number of benzene rings is 3. The summed E-state index contributed by atoms with van der Waals surface area (Å²) in [5.41, 5.74) is 5.63. The van der Waals surface area contributed by atoms with Gasteiger partial charge in [0, 0.05) is 25.7 Å². The molecule has 1 atom stereocenters. The lowest BCUT2D eigenvalue weighted by Crippen LogP contribution is -2.42. The Bertz CT molecular complexity index is 887. The lowest BCUT2D eigenvalue weighted by atomic mass is 9.99. The van der Waals surface area contributed by atoms with Crippen LogP contribution in [0.3, 0.4) is 0 Å². The molecule has 0 unspecified atom stereocenters. The van der Waals surface area contributed by atoms with Crippen molar-refractivity contribution in [3.63, 3.8) is 0 Å². The highest BCUT2D eigenvalue weighted by atomic mass is 15.2. The molecule has 3 aromatic carbocycles. The Labute approximate surface area is 189 Å². The first-order valence-electron chi connectivity index (χ1n) is 11.5. The molecule has 0 aromatic heterocycles. The maximum atomic E-state index is 2.66. The van der Waals surface area contributed by atoms with E-state index in [0.29, 0.717) is 12.0 Å². The van der Waals surface area contributed by atoms with Gasteiger partial charge in [0.25, 0.3) is 0 Å². The Morgan fingerprint density at radius 1 is 0.613 bits per heavy atom. The van der Waals surface area contributed by atoms with Crippen LogP contribution in [0.1, 0.15) is 36.1 Å². The zero-order chi connectivity index (χ0) is 22.1. The molecule has 3 rings (SSSR count). The van der Waals surface area contributed by atoms with Gasteiger partial charge in [-0.3, -0.25) is 4.90 Å². The minimum atomic E-state index is 0.436. The van der Waals surface area contributed by atoms with E-state index in [0.717, 1.165) is 32.5 Å². The third kappa shape index (κ3) is 7.97. The van der Waals surface area contributed by atoms with Gasteiger partial charge in [-0.15, -0.1) is 0 Å². The zero-order valence-electron chi connectivity index (χ0n) is 19.7. The molecule has 0 fully saturated rings. The monoisotopic (exact) mass is 414 g/mol. The fraction of sp³-hybridized carbons (Fsp3) is 0.379. The summed E-state index contributed by atoms with van der Waals surface area (Å²) in [5.74, 6) is 0.676. The minimum absolute atomic E-state index is 0.436. The van der Waals surface area contributed by atoms with Crippen LogP contribution in [-0.4, -0.2) is 36.5 Å². The Morgan fingerprint density at radius 3 is 1.77 bits per heavy atom. The summed E-state index contributed by atoms with van der Waals surface area (Å²) in [4.78, 5) is 4.98. The van der Waals surface area contributed by atoms with Crippen LogP contribution in [0.4, 0.5) is 0 Å². The quantitative estimate of drug-likeness (QED) is 0.376. The van der Waals surface area contributed by atoms with Gasteiger partial charge in [-0.2, -0.15) is 0 Å². The molecule has 0 saturated heterocycles. The van der Waals surface area contributed by atoms with Crippen LogP contribution in [0.25, 0.3) is 0 Å². The van der Waals surface area contributed by atoms with Crippen LogP contribution in [0.15, 0.2) is 84.9 Å². The molecule has 0 aliphatic carbocycles. The van der Waals surface area contributed by atoms with Crippen molar-refractivity contribution >= 4 is 0 Å². The summed E-state index contributed by atoms with van der Waals surface area (Å²) in [7, 11) is 4.36. The van der Waals surface area contributed by atoms with E-state index in [-0.39, 0.29) is 0 Å². The first kappa shape index (κ1) is 23.2. The standard InChI is InChI=1S/C29H38N2/c1-24(2)18-27-16-11-17-28(19-27)22-31(21-26-14-9-6-10-15-26)29(23-30(3)4)20-25-12-7-5-8-13-25/h5-17,19,24,29H,18,20-23H2,1-4H3/t29-/m0/s1. The second-order valence-corrected chi connectivity index (χ2v) is 9.41. The molecular weight excluding hydrogens is 376 g/mol. The maximum Gasteiger partial charge on any atom is 0.0270 e. The number of hydrogen-bond acceptors (Lipinski definition) is 2. The lowest BCUT2D eigenvalue weighted by Gasteiger charge is -2.34. The molecule has 0 heterocycles. The molecular formula is C29H38N2. The summed E-state index contributed by atoms with van der Waals surface area (Å²) >= 11 is 0. The van der Waals surface area contributed by atoms with Crippen molar-refractivity contribution in [1.29, 1.82) is 0 Å². The van der Waals surface area contributed by atoms with Crippen LogP contribution in [0.5, 0.6) is 0 Å². The number of nitrogens with zero attached hydrogens (tertiary/aromatic N) is 2. The Kier molecular flexibility index (Phi) is 8.87. The SMILES string of the molecule is CC(C)Cc1cccc(CN(Cc2ccccc2)[C@@H](Cc2ccccc2)CN(C)C)c1. The average molecular weight is 415 g/mol. The summed E-state index contributed by atoms with van der Waals surface area (Å²) in [6, 6.07) is 31.4. The van der Waals surface area contributed by atoms with Crippen molar-refractivity contribution in [3.05, 3.63) is 107 Å². The van der Waals surface area contributed by atoms with Gasteiger partial charge in [0.2, 0.25) is 0 Å². The Hall–Kier alpha value is -2.42. The van der Waals surface area contributed by atoms with Gasteiger partial charge in [-0.1, -0.05) is 98.8 Å². The molecule has 31 heavy (non-hydrogen) atoms. The van der Waals surface area contributed by atoms with E-state index in [1.165, 1.54) is 22.3 Å². The third-order valence-corrected chi connectivity index (χ3v) is 5.66. The molecule has 0 bridgehead atoms. The maximum absolute atomic E-state index is 2.66. The predicted molar refractivity (Wildman–Crippen MR) is 133 cm³/mol. The van der Waals surface area contributed by atoms with E-state index in [1.54, 1.807) is 0 Å². The Balaban J connectivity index is 1.87. The third-order valence-electron chi connectivity index (χ3n) is 5.66. The first-order chi connectivity index (χ1) is 15.0. The summed E-state index contributed by atoms with van der Waals surface area (Å²) < 4.78 is 0. The highest BCUT2D eigenvalue weighted by Gasteiger charge is 2.21. The van der Waals surface area contributed by atoms with Crippen LogP contribution < -0.4 is 0 Å². The molecule has 0 spiro atoms. The summed E-state index contributed by atoms with van der Waals surface area (Å²) in [5, 5.41) is 0. The molecule has 0 aliphatic heterocycles. The van der Waals surface area contributed by atoms with Gasteiger partial charge in [-0.25, -0.2) is 0 Å². The first-order valence-corrected chi connectivity index (χ1v) is 11.5. The Morgan fingerprint density at radius 2 is 1.16 bits per heavy atom. The van der Waals surface area contributed by atoms with Gasteiger partial charge in [0.05, 0.1) is 0 Å². The van der Waals surface area contributed by atoms with Crippen LogP contribution >= 0.6 is 0 Å². The molecule has 2 nitrogen and oxygen atoms in total. The van der Waals surface area contributed by atoms with Gasteiger partial charge < -0.3 is 4.90 Å². The lowest BCUT2D eigenvalue weighted by molar-refractivity contribution is 0.145.